The van der Waals surface area contributed by atoms with Gasteiger partial charge >= 0.3 is 0 Å². The van der Waals surface area contributed by atoms with E-state index in [-0.39, 0.29) is 30.0 Å². The molecule has 1 aliphatic carbocycles. The first kappa shape index (κ1) is 18.8. The molecule has 0 bridgehead atoms. The molecule has 2 aromatic carbocycles. The molecular formula is C20H22F2N4O. The highest BCUT2D eigenvalue weighted by atomic mass is 19.1. The molecule has 1 aliphatic rings. The van der Waals surface area contributed by atoms with Gasteiger partial charge in [0.1, 0.15) is 11.6 Å². The third-order valence-electron chi connectivity index (χ3n) is 4.54. The van der Waals surface area contributed by atoms with Gasteiger partial charge in [-0.05, 0) is 42.7 Å². The molecule has 5 nitrogen and oxygen atoms in total. The minimum Gasteiger partial charge on any atom is -0.370 e. The summed E-state index contributed by atoms with van der Waals surface area (Å²) in [6.45, 7) is 0.239. The zero-order chi connectivity index (χ0) is 19.2. The molecule has 0 atom stereocenters. The summed E-state index contributed by atoms with van der Waals surface area (Å²) in [5, 5.41) is 5.49. The number of aliphatic imine (C=N–C) groups is 1. The number of nitrogens with one attached hydrogen (secondary N) is 2. The maximum Gasteiger partial charge on any atom is 0.227 e. The van der Waals surface area contributed by atoms with Gasteiger partial charge in [0.15, 0.2) is 5.96 Å². The molecule has 7 heteroatoms. The molecule has 142 valence electrons. The standard InChI is InChI=1S/C20H22F2N4O/c21-15-8-9-17(22)18(11-15)26-20(23)24-12-13-4-3-7-16(10-13)25-19(27)14-5-1-2-6-14/h3-4,7-11,14H,1-2,5-6,12H2,(H,25,27)(H3,23,24,26). The number of nitrogens with zero attached hydrogens (tertiary/aromatic N) is 1. The zero-order valence-corrected chi connectivity index (χ0v) is 14.8. The van der Waals surface area contributed by atoms with Crippen LogP contribution in [0.25, 0.3) is 0 Å². The SMILES string of the molecule is NC(=NCc1cccc(NC(=O)C2CCCC2)c1)Nc1cc(F)ccc1F. The van der Waals surface area contributed by atoms with Crippen molar-refractivity contribution in [1.29, 1.82) is 0 Å². The second-order valence-electron chi connectivity index (χ2n) is 6.62. The topological polar surface area (TPSA) is 79.5 Å². The molecule has 0 unspecified atom stereocenters. The van der Waals surface area contributed by atoms with Gasteiger partial charge in [0.2, 0.25) is 5.91 Å². The van der Waals surface area contributed by atoms with Gasteiger partial charge in [0.05, 0.1) is 12.2 Å². The summed E-state index contributed by atoms with van der Waals surface area (Å²) in [6.07, 6.45) is 4.08. The van der Waals surface area contributed by atoms with Crippen LogP contribution in [-0.2, 0) is 11.3 Å². The smallest absolute Gasteiger partial charge is 0.227 e. The summed E-state index contributed by atoms with van der Waals surface area (Å²) in [6, 6.07) is 10.4. The van der Waals surface area contributed by atoms with Gasteiger partial charge in [-0.2, -0.15) is 0 Å². The molecule has 1 amide bonds. The van der Waals surface area contributed by atoms with Crippen molar-refractivity contribution in [1.82, 2.24) is 0 Å². The number of guanidine groups is 1. The lowest BCUT2D eigenvalue weighted by atomic mass is 10.1. The second kappa shape index (κ2) is 8.62. The van der Waals surface area contributed by atoms with Gasteiger partial charge in [-0.3, -0.25) is 4.79 Å². The van der Waals surface area contributed by atoms with Crippen LogP contribution in [0.1, 0.15) is 31.2 Å². The number of carbonyl (C=O) groups excluding carboxylic acids is 1. The van der Waals surface area contributed by atoms with Gasteiger partial charge in [-0.25, -0.2) is 13.8 Å². The van der Waals surface area contributed by atoms with Crippen LogP contribution in [0.2, 0.25) is 0 Å². The first-order valence-corrected chi connectivity index (χ1v) is 8.93. The van der Waals surface area contributed by atoms with Crippen LogP contribution in [0.5, 0.6) is 0 Å². The summed E-state index contributed by atoms with van der Waals surface area (Å²) in [5.41, 5.74) is 7.23. The van der Waals surface area contributed by atoms with E-state index in [4.69, 9.17) is 5.73 Å². The van der Waals surface area contributed by atoms with Crippen molar-refractivity contribution < 1.29 is 13.6 Å². The van der Waals surface area contributed by atoms with E-state index in [0.717, 1.165) is 49.4 Å². The van der Waals surface area contributed by atoms with E-state index in [9.17, 15) is 13.6 Å². The van der Waals surface area contributed by atoms with Gasteiger partial charge in [0.25, 0.3) is 0 Å². The number of benzene rings is 2. The number of rotatable bonds is 5. The predicted molar refractivity (Wildman–Crippen MR) is 102 cm³/mol. The highest BCUT2D eigenvalue weighted by Crippen LogP contribution is 2.26. The molecule has 0 aliphatic heterocycles. The van der Waals surface area contributed by atoms with Crippen LogP contribution in [0, 0.1) is 17.6 Å². The molecule has 0 spiro atoms. The van der Waals surface area contributed by atoms with Crippen molar-refractivity contribution in [3.05, 3.63) is 59.7 Å². The van der Waals surface area contributed by atoms with Crippen molar-refractivity contribution in [2.75, 3.05) is 10.6 Å². The Morgan fingerprint density at radius 2 is 1.89 bits per heavy atom. The third-order valence-corrected chi connectivity index (χ3v) is 4.54. The molecule has 4 N–H and O–H groups in total. The average molecular weight is 372 g/mol. The third kappa shape index (κ3) is 5.26. The Hall–Kier alpha value is -2.96. The Morgan fingerprint density at radius 3 is 2.67 bits per heavy atom. The number of amides is 1. The Bertz CT molecular complexity index is 848. The largest absolute Gasteiger partial charge is 0.370 e. The van der Waals surface area contributed by atoms with Gasteiger partial charge in [-0.15, -0.1) is 0 Å². The summed E-state index contributed by atoms with van der Waals surface area (Å²) in [7, 11) is 0. The molecule has 1 fully saturated rings. The Kier molecular flexibility index (Phi) is 6.01. The van der Waals surface area contributed by atoms with Crippen molar-refractivity contribution in [2.24, 2.45) is 16.6 Å². The van der Waals surface area contributed by atoms with Crippen LogP contribution in [0.3, 0.4) is 0 Å². The molecule has 3 rings (SSSR count). The monoisotopic (exact) mass is 372 g/mol. The van der Waals surface area contributed by atoms with E-state index >= 15 is 0 Å². The van der Waals surface area contributed by atoms with Gasteiger partial charge in [-0.1, -0.05) is 25.0 Å². The Morgan fingerprint density at radius 1 is 1.11 bits per heavy atom. The van der Waals surface area contributed by atoms with E-state index in [1.807, 2.05) is 24.3 Å². The van der Waals surface area contributed by atoms with Crippen molar-refractivity contribution in [3.63, 3.8) is 0 Å². The fourth-order valence-electron chi connectivity index (χ4n) is 3.13. The fraction of sp³-hybridized carbons (Fsp3) is 0.300. The van der Waals surface area contributed by atoms with E-state index < -0.39 is 11.6 Å². The fourth-order valence-corrected chi connectivity index (χ4v) is 3.13. The number of anilines is 2. The average Bonchev–Trinajstić information content (AvgIpc) is 3.18. The first-order chi connectivity index (χ1) is 13.0. The van der Waals surface area contributed by atoms with Crippen LogP contribution >= 0.6 is 0 Å². The molecule has 2 aromatic rings. The normalized spacial score (nSPS) is 15.0. The lowest BCUT2D eigenvalue weighted by molar-refractivity contribution is -0.119. The van der Waals surface area contributed by atoms with E-state index in [2.05, 4.69) is 15.6 Å². The Labute approximate surface area is 156 Å². The van der Waals surface area contributed by atoms with Gasteiger partial charge < -0.3 is 16.4 Å². The van der Waals surface area contributed by atoms with E-state index in [1.54, 1.807) is 0 Å². The van der Waals surface area contributed by atoms with E-state index in [1.165, 1.54) is 0 Å². The minimum absolute atomic E-state index is 0.0279. The molecule has 0 aromatic heterocycles. The number of carbonyl (C=O) groups is 1. The molecular weight excluding hydrogens is 350 g/mol. The summed E-state index contributed by atoms with van der Waals surface area (Å²) >= 11 is 0. The van der Waals surface area contributed by atoms with Crippen molar-refractivity contribution >= 4 is 23.2 Å². The minimum atomic E-state index is -0.619. The highest BCUT2D eigenvalue weighted by Gasteiger charge is 2.22. The van der Waals surface area contributed by atoms with Crippen molar-refractivity contribution in [2.45, 2.75) is 32.2 Å². The lowest BCUT2D eigenvalue weighted by Crippen LogP contribution is -2.23. The number of hydrogen-bond acceptors (Lipinski definition) is 2. The molecule has 0 saturated heterocycles. The molecule has 1 saturated carbocycles. The summed E-state index contributed by atoms with van der Waals surface area (Å²) in [5.74, 6) is -1.08. The summed E-state index contributed by atoms with van der Waals surface area (Å²) < 4.78 is 26.8. The Balaban J connectivity index is 1.60. The number of halogens is 2. The van der Waals surface area contributed by atoms with Crippen LogP contribution in [0.15, 0.2) is 47.5 Å². The van der Waals surface area contributed by atoms with Gasteiger partial charge in [0, 0.05) is 17.7 Å². The van der Waals surface area contributed by atoms with Crippen molar-refractivity contribution in [3.8, 4) is 0 Å². The number of hydrogen-bond donors (Lipinski definition) is 3. The summed E-state index contributed by atoms with van der Waals surface area (Å²) in [4.78, 5) is 16.4. The maximum absolute atomic E-state index is 13.6. The first-order valence-electron chi connectivity index (χ1n) is 8.93. The lowest BCUT2D eigenvalue weighted by Gasteiger charge is -2.11. The van der Waals surface area contributed by atoms with Crippen LogP contribution < -0.4 is 16.4 Å². The quantitative estimate of drug-likeness (QED) is 0.548. The molecule has 0 radical (unpaired) electrons. The number of nitrogens with two attached hydrogens (primary N) is 1. The van der Waals surface area contributed by atoms with Crippen LogP contribution in [0.4, 0.5) is 20.2 Å². The predicted octanol–water partition coefficient (Wildman–Crippen LogP) is 4.02. The second-order valence-corrected chi connectivity index (χ2v) is 6.62. The maximum atomic E-state index is 13.6. The van der Waals surface area contributed by atoms with E-state index in [0.29, 0.717) is 5.69 Å². The highest BCUT2D eigenvalue weighted by molar-refractivity contribution is 5.93. The zero-order valence-electron chi connectivity index (χ0n) is 14.8. The van der Waals surface area contributed by atoms with Crippen LogP contribution in [-0.4, -0.2) is 11.9 Å². The molecule has 27 heavy (non-hydrogen) atoms. The molecule has 0 heterocycles.